The maximum atomic E-state index is 9.31. The van der Waals surface area contributed by atoms with Gasteiger partial charge in [0.25, 0.3) is 0 Å². The maximum absolute atomic E-state index is 9.31. The van der Waals surface area contributed by atoms with Crippen LogP contribution in [0.25, 0.3) is 0 Å². The van der Waals surface area contributed by atoms with Gasteiger partial charge in [-0.3, -0.25) is 4.68 Å². The number of rotatable bonds is 7. The van der Waals surface area contributed by atoms with Crippen LogP contribution in [0.15, 0.2) is 36.5 Å². The van der Waals surface area contributed by atoms with Gasteiger partial charge in [0, 0.05) is 17.8 Å². The molecule has 1 N–H and O–H groups in total. The van der Waals surface area contributed by atoms with E-state index in [0.29, 0.717) is 0 Å². The summed E-state index contributed by atoms with van der Waals surface area (Å²) < 4.78 is 2.05. The maximum Gasteiger partial charge on any atom is 0.0715 e. The summed E-state index contributed by atoms with van der Waals surface area (Å²) >= 11 is 0. The third-order valence-corrected chi connectivity index (χ3v) is 3.37. The molecule has 3 nitrogen and oxygen atoms in total. The van der Waals surface area contributed by atoms with Crippen molar-refractivity contribution in [3.63, 3.8) is 0 Å². The third-order valence-electron chi connectivity index (χ3n) is 3.37. The molecule has 0 fully saturated rings. The smallest absolute Gasteiger partial charge is 0.0715 e. The zero-order chi connectivity index (χ0) is 13.5. The lowest BCUT2D eigenvalue weighted by Crippen LogP contribution is -2.07. The summed E-state index contributed by atoms with van der Waals surface area (Å²) in [6, 6.07) is 10.5. The predicted molar refractivity (Wildman–Crippen MR) is 76.9 cm³/mol. The van der Waals surface area contributed by atoms with Crippen LogP contribution in [0.5, 0.6) is 0 Å². The first kappa shape index (κ1) is 13.8. The zero-order valence-electron chi connectivity index (χ0n) is 11.5. The summed E-state index contributed by atoms with van der Waals surface area (Å²) in [6.07, 6.45) is 6.01. The van der Waals surface area contributed by atoms with E-state index in [-0.39, 0.29) is 6.61 Å². The Balaban J connectivity index is 1.94. The second-order valence-corrected chi connectivity index (χ2v) is 4.84. The molecule has 19 heavy (non-hydrogen) atoms. The van der Waals surface area contributed by atoms with E-state index in [1.807, 2.05) is 6.07 Å². The van der Waals surface area contributed by atoms with Crippen LogP contribution in [0.3, 0.4) is 0 Å². The minimum atomic E-state index is 0.0913. The molecule has 0 aliphatic carbocycles. The molecule has 3 heteroatoms. The molecule has 1 aromatic heterocycles. The molecule has 2 rings (SSSR count). The average molecular weight is 258 g/mol. The number of nitrogens with zero attached hydrogens (tertiary/aromatic N) is 2. The Morgan fingerprint density at radius 1 is 1.16 bits per heavy atom. The molecule has 0 saturated carbocycles. The van der Waals surface area contributed by atoms with E-state index < -0.39 is 0 Å². The number of aliphatic hydroxyl groups excluding tert-OH is 1. The van der Waals surface area contributed by atoms with Crippen molar-refractivity contribution in [1.82, 2.24) is 9.78 Å². The number of hydrogen-bond acceptors (Lipinski definition) is 2. The predicted octanol–water partition coefficient (Wildman–Crippen LogP) is 2.96. The third kappa shape index (κ3) is 3.67. The van der Waals surface area contributed by atoms with Crippen molar-refractivity contribution in [3.05, 3.63) is 53.3 Å². The first-order valence-corrected chi connectivity index (χ1v) is 7.03. The highest BCUT2D eigenvalue weighted by Gasteiger charge is 2.08. The Kier molecular flexibility index (Phi) is 5.16. The van der Waals surface area contributed by atoms with Crippen molar-refractivity contribution in [2.24, 2.45) is 0 Å². The van der Waals surface area contributed by atoms with Gasteiger partial charge in [-0.05, 0) is 24.8 Å². The molecular weight excluding hydrogens is 236 g/mol. The monoisotopic (exact) mass is 258 g/mol. The van der Waals surface area contributed by atoms with E-state index in [2.05, 4.69) is 41.0 Å². The highest BCUT2D eigenvalue weighted by Crippen LogP contribution is 2.13. The van der Waals surface area contributed by atoms with E-state index >= 15 is 0 Å². The molecule has 0 bridgehead atoms. The molecule has 0 radical (unpaired) electrons. The topological polar surface area (TPSA) is 38.1 Å². The Labute approximate surface area is 114 Å². The molecule has 0 spiro atoms. The van der Waals surface area contributed by atoms with Crippen molar-refractivity contribution in [2.45, 2.75) is 45.8 Å². The number of aromatic nitrogens is 2. The number of aryl methyl sites for hydroxylation is 2. The lowest BCUT2D eigenvalue weighted by atomic mass is 10.1. The average Bonchev–Trinajstić information content (AvgIpc) is 2.83. The first-order chi connectivity index (χ1) is 9.35. The number of hydrogen-bond donors (Lipinski definition) is 1. The SMILES string of the molecule is CCCc1c(CO)cnn1CCCc1ccccc1. The van der Waals surface area contributed by atoms with Gasteiger partial charge in [0.2, 0.25) is 0 Å². The fourth-order valence-electron chi connectivity index (χ4n) is 2.38. The molecule has 102 valence electrons. The second kappa shape index (κ2) is 7.10. The second-order valence-electron chi connectivity index (χ2n) is 4.84. The highest BCUT2D eigenvalue weighted by atomic mass is 16.3. The lowest BCUT2D eigenvalue weighted by Gasteiger charge is -2.08. The van der Waals surface area contributed by atoms with Crippen LogP contribution in [-0.4, -0.2) is 14.9 Å². The van der Waals surface area contributed by atoms with Crippen molar-refractivity contribution in [2.75, 3.05) is 0 Å². The fraction of sp³-hybridized carbons (Fsp3) is 0.438. The van der Waals surface area contributed by atoms with Gasteiger partial charge in [-0.1, -0.05) is 43.7 Å². The summed E-state index contributed by atoms with van der Waals surface area (Å²) in [7, 11) is 0. The summed E-state index contributed by atoms with van der Waals surface area (Å²) in [6.45, 7) is 3.17. The van der Waals surface area contributed by atoms with Gasteiger partial charge in [0.1, 0.15) is 0 Å². The van der Waals surface area contributed by atoms with Crippen LogP contribution in [0.1, 0.15) is 36.6 Å². The first-order valence-electron chi connectivity index (χ1n) is 7.03. The van der Waals surface area contributed by atoms with Gasteiger partial charge in [-0.25, -0.2) is 0 Å². The number of aliphatic hydroxyl groups is 1. The Morgan fingerprint density at radius 3 is 2.63 bits per heavy atom. The molecule has 1 heterocycles. The molecule has 2 aromatic rings. The van der Waals surface area contributed by atoms with Crippen LogP contribution in [-0.2, 0) is 26.0 Å². The highest BCUT2D eigenvalue weighted by molar-refractivity contribution is 5.17. The summed E-state index contributed by atoms with van der Waals surface area (Å²) in [5.41, 5.74) is 3.54. The van der Waals surface area contributed by atoms with E-state index in [4.69, 9.17) is 0 Å². The molecule has 0 aliphatic rings. The quantitative estimate of drug-likeness (QED) is 0.829. The molecule has 0 saturated heterocycles. The standard InChI is InChI=1S/C16H22N2O/c1-2-7-16-15(13-19)12-17-18(16)11-6-10-14-8-4-3-5-9-14/h3-5,8-9,12,19H,2,6-7,10-11,13H2,1H3. The molecule has 0 unspecified atom stereocenters. The van der Waals surface area contributed by atoms with Crippen molar-refractivity contribution >= 4 is 0 Å². The molecule has 1 aromatic carbocycles. The van der Waals surface area contributed by atoms with E-state index in [1.165, 1.54) is 11.3 Å². The molecular formula is C16H22N2O. The van der Waals surface area contributed by atoms with Crippen molar-refractivity contribution in [3.8, 4) is 0 Å². The van der Waals surface area contributed by atoms with Crippen molar-refractivity contribution in [1.29, 1.82) is 0 Å². The summed E-state index contributed by atoms with van der Waals surface area (Å²) in [5.74, 6) is 0. The lowest BCUT2D eigenvalue weighted by molar-refractivity contribution is 0.280. The van der Waals surface area contributed by atoms with E-state index in [1.54, 1.807) is 6.20 Å². The van der Waals surface area contributed by atoms with Crippen molar-refractivity contribution < 1.29 is 5.11 Å². The Morgan fingerprint density at radius 2 is 1.95 bits per heavy atom. The van der Waals surface area contributed by atoms with Crippen LogP contribution < -0.4 is 0 Å². The van der Waals surface area contributed by atoms with Gasteiger partial charge in [0.15, 0.2) is 0 Å². The van der Waals surface area contributed by atoms with E-state index in [0.717, 1.165) is 37.8 Å². The van der Waals surface area contributed by atoms with Crippen LogP contribution in [0.4, 0.5) is 0 Å². The summed E-state index contributed by atoms with van der Waals surface area (Å²) in [5, 5.41) is 13.7. The van der Waals surface area contributed by atoms with Gasteiger partial charge in [-0.2, -0.15) is 5.10 Å². The summed E-state index contributed by atoms with van der Waals surface area (Å²) in [4.78, 5) is 0. The largest absolute Gasteiger partial charge is 0.392 e. The van der Waals surface area contributed by atoms with E-state index in [9.17, 15) is 5.11 Å². The minimum absolute atomic E-state index is 0.0913. The minimum Gasteiger partial charge on any atom is -0.392 e. The Bertz CT molecular complexity index is 491. The molecule has 0 atom stereocenters. The Hall–Kier alpha value is -1.61. The van der Waals surface area contributed by atoms with Gasteiger partial charge in [0.05, 0.1) is 12.8 Å². The van der Waals surface area contributed by atoms with Crippen LogP contribution >= 0.6 is 0 Å². The molecule has 0 amide bonds. The van der Waals surface area contributed by atoms with Crippen LogP contribution in [0, 0.1) is 0 Å². The zero-order valence-corrected chi connectivity index (χ0v) is 11.5. The van der Waals surface area contributed by atoms with Gasteiger partial charge in [-0.15, -0.1) is 0 Å². The van der Waals surface area contributed by atoms with Gasteiger partial charge >= 0.3 is 0 Å². The normalized spacial score (nSPS) is 10.8. The number of benzene rings is 1. The molecule has 0 aliphatic heterocycles. The fourth-order valence-corrected chi connectivity index (χ4v) is 2.38. The van der Waals surface area contributed by atoms with Gasteiger partial charge < -0.3 is 5.11 Å². The van der Waals surface area contributed by atoms with Crippen LogP contribution in [0.2, 0.25) is 0 Å².